The molecule has 14 heavy (non-hydrogen) atoms. The Kier molecular flexibility index (Phi) is 4.03. The first kappa shape index (κ1) is 11.1. The molecule has 4 nitrogen and oxygen atoms in total. The number of hydrogen-bond acceptors (Lipinski definition) is 4. The van der Waals surface area contributed by atoms with Gasteiger partial charge in [0.25, 0.3) is 0 Å². The minimum atomic E-state index is -0.112. The van der Waals surface area contributed by atoms with E-state index < -0.39 is 0 Å². The molecule has 2 N–H and O–H groups in total. The molecule has 0 bridgehead atoms. The lowest BCUT2D eigenvalue weighted by Gasteiger charge is -2.19. The van der Waals surface area contributed by atoms with Gasteiger partial charge >= 0.3 is 0 Å². The van der Waals surface area contributed by atoms with Crippen molar-refractivity contribution in [3.8, 4) is 0 Å². The maximum atomic E-state index is 11.6. The fourth-order valence-corrected chi connectivity index (χ4v) is 1.66. The Morgan fingerprint density at radius 3 is 3.00 bits per heavy atom. The fraction of sp³-hybridized carbons (Fsp3) is 0.556. The average Bonchev–Trinajstić information content (AvgIpc) is 2.68. The first-order valence-electron chi connectivity index (χ1n) is 4.47. The highest BCUT2D eigenvalue weighted by Crippen LogP contribution is 2.06. The van der Waals surface area contributed by atoms with Crippen LogP contribution in [0.1, 0.15) is 12.6 Å². The van der Waals surface area contributed by atoms with E-state index in [1.165, 1.54) is 11.3 Å². The van der Waals surface area contributed by atoms with Crippen molar-refractivity contribution in [3.63, 3.8) is 0 Å². The molecule has 0 aliphatic rings. The van der Waals surface area contributed by atoms with Gasteiger partial charge in [0.1, 0.15) is 0 Å². The van der Waals surface area contributed by atoms with Crippen LogP contribution in [0.5, 0.6) is 0 Å². The van der Waals surface area contributed by atoms with E-state index in [9.17, 15) is 4.79 Å². The Hall–Kier alpha value is -0.940. The van der Waals surface area contributed by atoms with Crippen LogP contribution in [-0.4, -0.2) is 29.4 Å². The van der Waals surface area contributed by atoms with Crippen LogP contribution in [0.3, 0.4) is 0 Å². The largest absolute Gasteiger partial charge is 0.340 e. The molecule has 0 saturated carbocycles. The fourth-order valence-electron chi connectivity index (χ4n) is 1.11. The molecule has 0 aliphatic heterocycles. The summed E-state index contributed by atoms with van der Waals surface area (Å²) in [5, 5.41) is 1.94. The van der Waals surface area contributed by atoms with Crippen molar-refractivity contribution in [2.24, 2.45) is 11.7 Å². The molecule has 1 atom stereocenters. The summed E-state index contributed by atoms with van der Waals surface area (Å²) in [7, 11) is 1.77. The molecule has 0 saturated heterocycles. The van der Waals surface area contributed by atoms with E-state index in [-0.39, 0.29) is 11.8 Å². The second-order valence-corrected chi connectivity index (χ2v) is 4.03. The van der Waals surface area contributed by atoms with E-state index in [0.29, 0.717) is 13.1 Å². The zero-order valence-corrected chi connectivity index (χ0v) is 9.25. The van der Waals surface area contributed by atoms with Crippen molar-refractivity contribution in [1.29, 1.82) is 0 Å². The standard InChI is InChI=1S/C9H15N3OS/c1-7(3-10)9(13)12(2)4-8-5-14-6-11-8/h5-7H,3-4,10H2,1-2H3. The Bertz CT molecular complexity index is 286. The molecule has 0 spiro atoms. The van der Waals surface area contributed by atoms with Crippen LogP contribution < -0.4 is 5.73 Å². The van der Waals surface area contributed by atoms with Gasteiger partial charge in [-0.2, -0.15) is 0 Å². The van der Waals surface area contributed by atoms with Crippen LogP contribution in [0.2, 0.25) is 0 Å². The van der Waals surface area contributed by atoms with Gasteiger partial charge in [0.15, 0.2) is 0 Å². The molecular weight excluding hydrogens is 198 g/mol. The van der Waals surface area contributed by atoms with Crippen molar-refractivity contribution in [2.75, 3.05) is 13.6 Å². The maximum absolute atomic E-state index is 11.6. The van der Waals surface area contributed by atoms with Gasteiger partial charge in [-0.25, -0.2) is 4.98 Å². The van der Waals surface area contributed by atoms with Gasteiger partial charge in [0.05, 0.1) is 17.7 Å². The van der Waals surface area contributed by atoms with E-state index in [1.54, 1.807) is 17.5 Å². The summed E-state index contributed by atoms with van der Waals surface area (Å²) in [5.74, 6) is -0.0425. The predicted molar refractivity (Wildman–Crippen MR) is 56.8 cm³/mol. The van der Waals surface area contributed by atoms with Gasteiger partial charge < -0.3 is 10.6 Å². The van der Waals surface area contributed by atoms with Crippen LogP contribution in [0.15, 0.2) is 10.9 Å². The number of carbonyl (C=O) groups is 1. The average molecular weight is 213 g/mol. The molecule has 1 aromatic rings. The molecule has 0 aromatic carbocycles. The van der Waals surface area contributed by atoms with E-state index >= 15 is 0 Å². The number of nitrogens with two attached hydrogens (primary N) is 1. The van der Waals surface area contributed by atoms with Crippen molar-refractivity contribution in [2.45, 2.75) is 13.5 Å². The minimum absolute atomic E-state index is 0.0699. The third-order valence-electron chi connectivity index (χ3n) is 2.03. The van der Waals surface area contributed by atoms with E-state index in [0.717, 1.165) is 5.69 Å². The molecule has 1 heterocycles. The monoisotopic (exact) mass is 213 g/mol. The summed E-state index contributed by atoms with van der Waals surface area (Å²) in [6.45, 7) is 2.78. The normalized spacial score (nSPS) is 12.5. The third-order valence-corrected chi connectivity index (χ3v) is 2.67. The van der Waals surface area contributed by atoms with Crippen LogP contribution in [-0.2, 0) is 11.3 Å². The molecule has 5 heteroatoms. The Morgan fingerprint density at radius 2 is 2.50 bits per heavy atom. The first-order chi connectivity index (χ1) is 6.65. The highest BCUT2D eigenvalue weighted by molar-refractivity contribution is 7.07. The Labute approximate surface area is 87.7 Å². The van der Waals surface area contributed by atoms with Crippen LogP contribution in [0, 0.1) is 5.92 Å². The molecule has 1 aromatic heterocycles. The highest BCUT2D eigenvalue weighted by Gasteiger charge is 2.16. The van der Waals surface area contributed by atoms with Crippen molar-refractivity contribution < 1.29 is 4.79 Å². The van der Waals surface area contributed by atoms with Crippen LogP contribution >= 0.6 is 11.3 Å². The number of nitrogens with zero attached hydrogens (tertiary/aromatic N) is 2. The second kappa shape index (κ2) is 5.07. The lowest BCUT2D eigenvalue weighted by Crippen LogP contribution is -2.34. The molecule has 0 fully saturated rings. The van der Waals surface area contributed by atoms with Gasteiger partial charge in [-0.05, 0) is 0 Å². The number of rotatable bonds is 4. The van der Waals surface area contributed by atoms with Crippen LogP contribution in [0.4, 0.5) is 0 Å². The zero-order valence-electron chi connectivity index (χ0n) is 8.43. The van der Waals surface area contributed by atoms with E-state index in [4.69, 9.17) is 5.73 Å². The number of amides is 1. The van der Waals surface area contributed by atoms with Crippen LogP contribution in [0.25, 0.3) is 0 Å². The Balaban J connectivity index is 2.50. The third kappa shape index (κ3) is 2.78. The second-order valence-electron chi connectivity index (χ2n) is 3.31. The smallest absolute Gasteiger partial charge is 0.226 e. The van der Waals surface area contributed by atoms with Gasteiger partial charge in [0.2, 0.25) is 5.91 Å². The summed E-state index contributed by atoms with van der Waals surface area (Å²) < 4.78 is 0. The maximum Gasteiger partial charge on any atom is 0.226 e. The van der Waals surface area contributed by atoms with Gasteiger partial charge in [-0.15, -0.1) is 11.3 Å². The molecule has 1 unspecified atom stereocenters. The number of aromatic nitrogens is 1. The molecule has 0 radical (unpaired) electrons. The Morgan fingerprint density at radius 1 is 1.79 bits per heavy atom. The van der Waals surface area contributed by atoms with Gasteiger partial charge in [-0.1, -0.05) is 6.92 Å². The lowest BCUT2D eigenvalue weighted by atomic mass is 10.1. The molecule has 1 rings (SSSR count). The predicted octanol–water partition coefficient (Wildman–Crippen LogP) is 0.696. The minimum Gasteiger partial charge on any atom is -0.340 e. The SMILES string of the molecule is CC(CN)C(=O)N(C)Cc1cscn1. The van der Waals surface area contributed by atoms with Crippen molar-refractivity contribution in [3.05, 3.63) is 16.6 Å². The lowest BCUT2D eigenvalue weighted by molar-refractivity contribution is -0.133. The molecular formula is C9H15N3OS. The van der Waals surface area contributed by atoms with E-state index in [1.807, 2.05) is 12.3 Å². The molecule has 78 valence electrons. The zero-order chi connectivity index (χ0) is 10.6. The summed E-state index contributed by atoms with van der Waals surface area (Å²) in [5.41, 5.74) is 8.11. The summed E-state index contributed by atoms with van der Waals surface area (Å²) in [4.78, 5) is 17.4. The van der Waals surface area contributed by atoms with E-state index in [2.05, 4.69) is 4.98 Å². The van der Waals surface area contributed by atoms with Crippen molar-refractivity contribution in [1.82, 2.24) is 9.88 Å². The van der Waals surface area contributed by atoms with Gasteiger partial charge in [0, 0.05) is 24.9 Å². The summed E-state index contributed by atoms with van der Waals surface area (Å²) in [6.07, 6.45) is 0. The van der Waals surface area contributed by atoms with Gasteiger partial charge in [-0.3, -0.25) is 4.79 Å². The summed E-state index contributed by atoms with van der Waals surface area (Å²) >= 11 is 1.53. The number of hydrogen-bond donors (Lipinski definition) is 1. The topological polar surface area (TPSA) is 59.2 Å². The quantitative estimate of drug-likeness (QED) is 0.800. The molecule has 0 aliphatic carbocycles. The summed E-state index contributed by atoms with van der Waals surface area (Å²) in [6, 6.07) is 0. The number of thiazole rings is 1. The number of carbonyl (C=O) groups excluding carboxylic acids is 1. The highest BCUT2D eigenvalue weighted by atomic mass is 32.1. The molecule has 1 amide bonds. The van der Waals surface area contributed by atoms with Crippen molar-refractivity contribution >= 4 is 17.2 Å². The first-order valence-corrected chi connectivity index (χ1v) is 5.41.